The molecule has 24 heavy (non-hydrogen) atoms. The number of aromatic nitrogens is 1. The molecule has 0 saturated carbocycles. The molecule has 0 aliphatic carbocycles. The molecule has 8 heteroatoms. The number of nitrogens with zero attached hydrogens (tertiary/aromatic N) is 3. The quantitative estimate of drug-likeness (QED) is 0.818. The van der Waals surface area contributed by atoms with Crippen molar-refractivity contribution in [2.24, 2.45) is 10.4 Å². The zero-order valence-electron chi connectivity index (χ0n) is 13.1. The lowest BCUT2D eigenvalue weighted by Crippen LogP contribution is -2.37. The van der Waals surface area contributed by atoms with Gasteiger partial charge >= 0.3 is 0 Å². The van der Waals surface area contributed by atoms with E-state index >= 15 is 0 Å². The zero-order valence-corrected chi connectivity index (χ0v) is 13.1. The van der Waals surface area contributed by atoms with Gasteiger partial charge in [0.25, 0.3) is 5.91 Å². The summed E-state index contributed by atoms with van der Waals surface area (Å²) in [4.78, 5) is 37.7. The van der Waals surface area contributed by atoms with Crippen molar-refractivity contribution in [1.29, 1.82) is 0 Å². The van der Waals surface area contributed by atoms with E-state index in [0.29, 0.717) is 11.1 Å². The molecule has 1 aromatic carbocycles. The number of nitrogens with one attached hydrogen (secondary N) is 1. The van der Waals surface area contributed by atoms with Gasteiger partial charge in [0.2, 0.25) is 0 Å². The summed E-state index contributed by atoms with van der Waals surface area (Å²) >= 11 is 0. The Morgan fingerprint density at radius 2 is 1.88 bits per heavy atom. The van der Waals surface area contributed by atoms with Crippen molar-refractivity contribution >= 4 is 11.6 Å². The summed E-state index contributed by atoms with van der Waals surface area (Å²) in [7, 11) is 0. The van der Waals surface area contributed by atoms with Gasteiger partial charge in [0.05, 0.1) is 0 Å². The van der Waals surface area contributed by atoms with Crippen molar-refractivity contribution < 1.29 is 9.18 Å². The third kappa shape index (κ3) is 4.03. The van der Waals surface area contributed by atoms with Crippen LogP contribution >= 0.6 is 0 Å². The average molecular weight is 330 g/mol. The van der Waals surface area contributed by atoms with E-state index in [2.05, 4.69) is 20.7 Å². The van der Waals surface area contributed by atoms with Crippen molar-refractivity contribution in [1.82, 2.24) is 10.3 Å². The van der Waals surface area contributed by atoms with Gasteiger partial charge < -0.3 is 5.32 Å². The fourth-order valence-corrected chi connectivity index (χ4v) is 1.91. The number of amides is 1. The van der Waals surface area contributed by atoms with Crippen molar-refractivity contribution in [3.8, 4) is 11.1 Å². The highest BCUT2D eigenvalue weighted by Gasteiger charge is 2.22. The van der Waals surface area contributed by atoms with Gasteiger partial charge in [-0.15, -0.1) is 4.91 Å². The van der Waals surface area contributed by atoms with E-state index in [1.165, 1.54) is 36.5 Å². The number of hydrogen-bond acceptors (Lipinski definition) is 6. The van der Waals surface area contributed by atoms with Gasteiger partial charge in [0.15, 0.2) is 5.69 Å². The molecule has 0 bridgehead atoms. The zero-order chi connectivity index (χ0) is 17.7. The molecule has 0 aliphatic heterocycles. The van der Waals surface area contributed by atoms with Crippen LogP contribution in [0.4, 0.5) is 10.1 Å². The first-order valence-electron chi connectivity index (χ1n) is 7.08. The molecule has 124 valence electrons. The van der Waals surface area contributed by atoms with Crippen LogP contribution in [0.2, 0.25) is 0 Å². The molecule has 0 saturated heterocycles. The molecule has 2 aromatic rings. The summed E-state index contributed by atoms with van der Waals surface area (Å²) in [6, 6.07) is 7.00. The molecule has 0 aliphatic rings. The summed E-state index contributed by atoms with van der Waals surface area (Å²) < 4.78 is 13.0. The van der Waals surface area contributed by atoms with Crippen LogP contribution in [0.15, 0.2) is 46.9 Å². The van der Waals surface area contributed by atoms with Gasteiger partial charge in [-0.05, 0) is 42.8 Å². The maximum Gasteiger partial charge on any atom is 0.272 e. The van der Waals surface area contributed by atoms with Crippen LogP contribution in [0.3, 0.4) is 0 Å². The average Bonchev–Trinajstić information content (AvgIpc) is 2.60. The second-order valence-electron chi connectivity index (χ2n) is 5.78. The highest BCUT2D eigenvalue weighted by atomic mass is 19.1. The minimum Gasteiger partial charge on any atom is -0.348 e. The minimum atomic E-state index is -0.974. The number of carbonyl (C=O) groups excluding carboxylic acids is 1. The first kappa shape index (κ1) is 17.3. The molecule has 1 heterocycles. The standard InChI is InChI=1S/C16H15FN4O3/c1-16(2,21-24)9-19-15(22)14-13(20-23)7-11(8-18-14)10-3-5-12(17)6-4-10/h3-8H,9H2,1-2H3,(H,19,22). The van der Waals surface area contributed by atoms with E-state index in [0.717, 1.165) is 0 Å². The Bertz CT molecular complexity index is 775. The molecule has 2 rings (SSSR count). The van der Waals surface area contributed by atoms with Gasteiger partial charge in [0, 0.05) is 18.3 Å². The van der Waals surface area contributed by atoms with E-state index in [1.807, 2.05) is 0 Å². The lowest BCUT2D eigenvalue weighted by molar-refractivity contribution is 0.0942. The number of rotatable bonds is 6. The predicted molar refractivity (Wildman–Crippen MR) is 87.3 cm³/mol. The molecular formula is C16H15FN4O3. The molecule has 0 fully saturated rings. The largest absolute Gasteiger partial charge is 0.348 e. The van der Waals surface area contributed by atoms with Gasteiger partial charge in [-0.2, -0.15) is 4.91 Å². The van der Waals surface area contributed by atoms with E-state index in [-0.39, 0.29) is 23.7 Å². The molecule has 1 amide bonds. The number of benzene rings is 1. The predicted octanol–water partition coefficient (Wildman–Crippen LogP) is 3.56. The lowest BCUT2D eigenvalue weighted by Gasteiger charge is -2.15. The summed E-state index contributed by atoms with van der Waals surface area (Å²) in [5.74, 6) is -1.02. The van der Waals surface area contributed by atoms with Gasteiger partial charge in [-0.25, -0.2) is 9.37 Å². The third-order valence-electron chi connectivity index (χ3n) is 3.29. The van der Waals surface area contributed by atoms with Crippen molar-refractivity contribution in [2.45, 2.75) is 19.4 Å². The highest BCUT2D eigenvalue weighted by Crippen LogP contribution is 2.26. The number of halogens is 1. The van der Waals surface area contributed by atoms with Gasteiger partial charge in [-0.3, -0.25) is 4.79 Å². The van der Waals surface area contributed by atoms with Crippen LogP contribution in [-0.2, 0) is 0 Å². The van der Waals surface area contributed by atoms with E-state index in [4.69, 9.17) is 0 Å². The maximum absolute atomic E-state index is 13.0. The second-order valence-corrected chi connectivity index (χ2v) is 5.78. The molecular weight excluding hydrogens is 315 g/mol. The Kier molecular flexibility index (Phi) is 5.08. The highest BCUT2D eigenvalue weighted by molar-refractivity contribution is 5.97. The Labute approximate surface area is 137 Å². The molecule has 0 spiro atoms. The van der Waals surface area contributed by atoms with E-state index in [1.54, 1.807) is 13.8 Å². The fourth-order valence-electron chi connectivity index (χ4n) is 1.91. The fraction of sp³-hybridized carbons (Fsp3) is 0.250. The SMILES string of the molecule is CC(C)(CNC(=O)c1ncc(-c2ccc(F)cc2)cc1N=O)N=O. The summed E-state index contributed by atoms with van der Waals surface area (Å²) in [6.45, 7) is 3.11. The summed E-state index contributed by atoms with van der Waals surface area (Å²) in [5.41, 5.74) is -0.120. The number of carbonyl (C=O) groups is 1. The topological polar surface area (TPSA) is 101 Å². The molecule has 1 aromatic heterocycles. The number of nitroso groups, excluding NO2 is 2. The van der Waals surface area contributed by atoms with Crippen LogP contribution in [0, 0.1) is 15.6 Å². The number of hydrogen-bond donors (Lipinski definition) is 1. The van der Waals surface area contributed by atoms with Crippen LogP contribution in [0.25, 0.3) is 11.1 Å². The Morgan fingerprint density at radius 1 is 1.21 bits per heavy atom. The number of pyridine rings is 1. The maximum atomic E-state index is 13.0. The first-order valence-corrected chi connectivity index (χ1v) is 7.08. The van der Waals surface area contributed by atoms with Gasteiger partial charge in [-0.1, -0.05) is 17.3 Å². The lowest BCUT2D eigenvalue weighted by atomic mass is 10.1. The Morgan fingerprint density at radius 3 is 2.46 bits per heavy atom. The van der Waals surface area contributed by atoms with Crippen molar-refractivity contribution in [2.75, 3.05) is 6.54 Å². The summed E-state index contributed by atoms with van der Waals surface area (Å²) in [6.07, 6.45) is 1.39. The monoisotopic (exact) mass is 330 g/mol. The third-order valence-corrected chi connectivity index (χ3v) is 3.29. The van der Waals surface area contributed by atoms with Crippen molar-refractivity contribution in [3.63, 3.8) is 0 Å². The Hall–Kier alpha value is -3.03. The summed E-state index contributed by atoms with van der Waals surface area (Å²) in [5, 5.41) is 8.20. The van der Waals surface area contributed by atoms with E-state index in [9.17, 15) is 19.0 Å². The molecule has 0 radical (unpaired) electrons. The molecule has 0 atom stereocenters. The van der Waals surface area contributed by atoms with Crippen LogP contribution in [-0.4, -0.2) is 23.0 Å². The Balaban J connectivity index is 2.26. The molecule has 1 N–H and O–H groups in total. The van der Waals surface area contributed by atoms with Gasteiger partial charge in [0.1, 0.15) is 17.0 Å². The van der Waals surface area contributed by atoms with Crippen molar-refractivity contribution in [3.05, 3.63) is 57.9 Å². The van der Waals surface area contributed by atoms with Crippen LogP contribution < -0.4 is 5.32 Å². The second kappa shape index (κ2) is 7.03. The first-order chi connectivity index (χ1) is 11.4. The van der Waals surface area contributed by atoms with E-state index < -0.39 is 11.4 Å². The van der Waals surface area contributed by atoms with Crippen LogP contribution in [0.5, 0.6) is 0 Å². The molecule has 0 unspecified atom stereocenters. The molecule has 7 nitrogen and oxygen atoms in total. The van der Waals surface area contributed by atoms with Crippen LogP contribution in [0.1, 0.15) is 24.3 Å². The normalized spacial score (nSPS) is 11.0. The smallest absolute Gasteiger partial charge is 0.272 e. The minimum absolute atomic E-state index is 0.00494.